The molecule has 0 radical (unpaired) electrons. The summed E-state index contributed by atoms with van der Waals surface area (Å²) in [6, 6.07) is 1.13. The fourth-order valence-corrected chi connectivity index (χ4v) is 17.4. The molecule has 0 aromatic heterocycles. The van der Waals surface area contributed by atoms with Crippen LogP contribution in [0.1, 0.15) is 33.1 Å². The van der Waals surface area contributed by atoms with Gasteiger partial charge in [0.15, 0.2) is 16.6 Å². The average molecular weight is 375 g/mol. The third-order valence-corrected chi connectivity index (χ3v) is 14.8. The highest BCUT2D eigenvalue weighted by molar-refractivity contribution is 6.87. The van der Waals surface area contributed by atoms with E-state index in [4.69, 9.17) is 13.0 Å². The van der Waals surface area contributed by atoms with E-state index in [0.29, 0.717) is 12.0 Å². The van der Waals surface area contributed by atoms with Crippen LogP contribution in [-0.4, -0.2) is 36.9 Å². The highest BCUT2D eigenvalue weighted by Gasteiger charge is 2.56. The molecule has 2 aliphatic rings. The molecule has 6 heteroatoms. The number of epoxide rings is 1. The summed E-state index contributed by atoms with van der Waals surface area (Å²) in [5.41, 5.74) is 0.223. The minimum absolute atomic E-state index is 0.223. The maximum absolute atomic E-state index is 6.68. The van der Waals surface area contributed by atoms with Crippen LogP contribution in [0.25, 0.3) is 0 Å². The summed E-state index contributed by atoms with van der Waals surface area (Å²) in [5.74, 6) is 1.45. The summed E-state index contributed by atoms with van der Waals surface area (Å²) in [7, 11) is -5.30. The van der Waals surface area contributed by atoms with Crippen molar-refractivity contribution in [3.05, 3.63) is 0 Å². The van der Waals surface area contributed by atoms with E-state index < -0.39 is 25.2 Å². The molecule has 1 saturated carbocycles. The Bertz CT molecular complexity index is 414. The molecule has 136 valence electrons. The zero-order chi connectivity index (χ0) is 17.7. The predicted molar refractivity (Wildman–Crippen MR) is 105 cm³/mol. The van der Waals surface area contributed by atoms with Gasteiger partial charge in [-0.1, -0.05) is 6.92 Å². The molecule has 0 spiro atoms. The summed E-state index contributed by atoms with van der Waals surface area (Å²) in [5, 5.41) is 0. The first-order valence-electron chi connectivity index (χ1n) is 9.30. The van der Waals surface area contributed by atoms with Gasteiger partial charge in [0, 0.05) is 0 Å². The van der Waals surface area contributed by atoms with Crippen LogP contribution in [0.3, 0.4) is 0 Å². The lowest BCUT2D eigenvalue weighted by atomic mass is 9.77. The van der Waals surface area contributed by atoms with Gasteiger partial charge in [0.05, 0.1) is 11.7 Å². The second-order valence-electron chi connectivity index (χ2n) is 10.2. The minimum atomic E-state index is -2.11. The van der Waals surface area contributed by atoms with E-state index in [1.165, 1.54) is 19.3 Å². The number of ether oxygens (including phenoxy) is 1. The van der Waals surface area contributed by atoms with Gasteiger partial charge < -0.3 is 13.0 Å². The van der Waals surface area contributed by atoms with Gasteiger partial charge in [-0.15, -0.1) is 0 Å². The maximum atomic E-state index is 6.68. The predicted octanol–water partition coefficient (Wildman–Crippen LogP) is 5.36. The van der Waals surface area contributed by atoms with Crippen molar-refractivity contribution in [2.75, 3.05) is 0 Å². The number of fused-ring (bicyclic) bond motifs is 1. The van der Waals surface area contributed by atoms with E-state index in [0.717, 1.165) is 12.0 Å². The van der Waals surface area contributed by atoms with Gasteiger partial charge in [-0.05, 0) is 89.9 Å². The van der Waals surface area contributed by atoms with E-state index >= 15 is 0 Å². The Morgan fingerprint density at radius 1 is 1.04 bits per heavy atom. The molecule has 0 amide bonds. The lowest BCUT2D eigenvalue weighted by molar-refractivity contribution is 0.261. The van der Waals surface area contributed by atoms with E-state index in [2.05, 4.69) is 59.7 Å². The Morgan fingerprint density at radius 3 is 2.00 bits per heavy atom. The summed E-state index contributed by atoms with van der Waals surface area (Å²) >= 11 is 0. The second-order valence-corrected chi connectivity index (χ2v) is 23.0. The van der Waals surface area contributed by atoms with Crippen molar-refractivity contribution in [1.29, 1.82) is 0 Å². The van der Waals surface area contributed by atoms with Gasteiger partial charge in [-0.3, -0.25) is 0 Å². The number of hydrogen-bond donors (Lipinski definition) is 0. The van der Waals surface area contributed by atoms with Crippen molar-refractivity contribution in [2.45, 2.75) is 96.7 Å². The fraction of sp³-hybridized carbons (Fsp3) is 1.00. The van der Waals surface area contributed by atoms with Crippen LogP contribution in [0.15, 0.2) is 0 Å². The van der Waals surface area contributed by atoms with Gasteiger partial charge in [-0.2, -0.15) is 0 Å². The van der Waals surface area contributed by atoms with Gasteiger partial charge in [0.1, 0.15) is 0 Å². The first kappa shape index (κ1) is 19.9. The molecule has 4 atom stereocenters. The highest BCUT2D eigenvalue weighted by atomic mass is 28.5. The maximum Gasteiger partial charge on any atom is 0.314 e. The lowest BCUT2D eigenvalue weighted by Gasteiger charge is -2.41. The Labute approximate surface area is 147 Å². The molecular formula is C17H38O3Si3. The molecular weight excluding hydrogens is 336 g/mol. The zero-order valence-electron chi connectivity index (χ0n) is 16.8. The molecule has 0 N–H and O–H groups in total. The van der Waals surface area contributed by atoms with Crippen LogP contribution < -0.4 is 0 Å². The van der Waals surface area contributed by atoms with E-state index in [1.807, 2.05) is 0 Å². The Kier molecular flexibility index (Phi) is 5.49. The first-order valence-corrected chi connectivity index (χ1v) is 18.6. The topological polar surface area (TPSA) is 31.0 Å². The van der Waals surface area contributed by atoms with Crippen molar-refractivity contribution in [3.63, 3.8) is 0 Å². The molecule has 2 rings (SSSR count). The fourth-order valence-electron chi connectivity index (χ4n) is 4.34. The quantitative estimate of drug-likeness (QED) is 0.444. The van der Waals surface area contributed by atoms with Crippen molar-refractivity contribution >= 4 is 25.2 Å². The first-order chi connectivity index (χ1) is 10.2. The van der Waals surface area contributed by atoms with Gasteiger partial charge >= 0.3 is 8.56 Å². The van der Waals surface area contributed by atoms with Crippen molar-refractivity contribution in [1.82, 2.24) is 0 Å². The molecule has 23 heavy (non-hydrogen) atoms. The van der Waals surface area contributed by atoms with Gasteiger partial charge in [0.25, 0.3) is 0 Å². The Balaban J connectivity index is 2.01. The standard InChI is InChI=1S/C17H38O3Si3/c1-14(15-10-11-17(2)16(12-15)18-17)13-23(9,19-21(3,4)5)20-22(6,7)8/h14-16H,10-13H2,1-9H3. The molecule has 0 bridgehead atoms. The number of hydrogen-bond acceptors (Lipinski definition) is 3. The largest absolute Gasteiger partial charge is 0.437 e. The van der Waals surface area contributed by atoms with Crippen LogP contribution in [0.2, 0.25) is 51.9 Å². The van der Waals surface area contributed by atoms with Crippen molar-refractivity contribution in [2.24, 2.45) is 11.8 Å². The SMILES string of the molecule is CC(C[Si](C)(O[Si](C)(C)C)O[Si](C)(C)C)C1CCC2(C)OC2C1. The van der Waals surface area contributed by atoms with Crippen LogP contribution >= 0.6 is 0 Å². The molecule has 0 aromatic rings. The molecule has 4 unspecified atom stereocenters. The molecule has 1 saturated heterocycles. The van der Waals surface area contributed by atoms with Crippen LogP contribution in [-0.2, 0) is 13.0 Å². The summed E-state index contributed by atoms with van der Waals surface area (Å²) in [6.45, 7) is 20.8. The second kappa shape index (κ2) is 6.36. The highest BCUT2D eigenvalue weighted by Crippen LogP contribution is 2.51. The normalized spacial score (nSPS) is 33.3. The van der Waals surface area contributed by atoms with Gasteiger partial charge in [-0.25, -0.2) is 0 Å². The summed E-state index contributed by atoms with van der Waals surface area (Å²) in [4.78, 5) is 0. The molecule has 3 nitrogen and oxygen atoms in total. The third-order valence-electron chi connectivity index (χ3n) is 5.11. The average Bonchev–Trinajstić information content (AvgIpc) is 2.92. The Morgan fingerprint density at radius 2 is 1.57 bits per heavy atom. The van der Waals surface area contributed by atoms with E-state index in [1.54, 1.807) is 0 Å². The van der Waals surface area contributed by atoms with Crippen LogP contribution in [0.5, 0.6) is 0 Å². The van der Waals surface area contributed by atoms with Crippen molar-refractivity contribution in [3.8, 4) is 0 Å². The van der Waals surface area contributed by atoms with Crippen LogP contribution in [0, 0.1) is 11.8 Å². The summed E-state index contributed by atoms with van der Waals surface area (Å²) < 4.78 is 19.3. The van der Waals surface area contributed by atoms with Gasteiger partial charge in [0.2, 0.25) is 0 Å². The minimum Gasteiger partial charge on any atom is -0.437 e. The van der Waals surface area contributed by atoms with E-state index in [9.17, 15) is 0 Å². The van der Waals surface area contributed by atoms with Crippen molar-refractivity contribution < 1.29 is 13.0 Å². The molecule has 2 fully saturated rings. The molecule has 1 heterocycles. The monoisotopic (exact) mass is 374 g/mol. The third kappa shape index (κ3) is 5.78. The van der Waals surface area contributed by atoms with Crippen LogP contribution in [0.4, 0.5) is 0 Å². The van der Waals surface area contributed by atoms with E-state index in [-0.39, 0.29) is 5.60 Å². The lowest BCUT2D eigenvalue weighted by Crippen LogP contribution is -2.53. The molecule has 0 aromatic carbocycles. The zero-order valence-corrected chi connectivity index (χ0v) is 19.8. The molecule has 1 aliphatic carbocycles. The Hall–Kier alpha value is 0.531. The smallest absolute Gasteiger partial charge is 0.314 e. The molecule has 1 aliphatic heterocycles. The number of rotatable bonds is 7. The summed E-state index contributed by atoms with van der Waals surface area (Å²) in [6.07, 6.45) is 4.29.